The van der Waals surface area contributed by atoms with Crippen LogP contribution in [0.1, 0.15) is 27.9 Å². The van der Waals surface area contributed by atoms with E-state index in [1.165, 1.54) is 0 Å². The molecule has 0 bridgehead atoms. The zero-order chi connectivity index (χ0) is 19.1. The summed E-state index contributed by atoms with van der Waals surface area (Å²) in [7, 11) is 0. The molecule has 1 heterocycles. The molecule has 0 saturated heterocycles. The first-order valence-corrected chi connectivity index (χ1v) is 7.67. The van der Waals surface area contributed by atoms with Gasteiger partial charge in [0, 0.05) is 11.1 Å². The van der Waals surface area contributed by atoms with Crippen LogP contribution in [-0.2, 0) is 18.8 Å². The Balaban J connectivity index is 2.02. The molecule has 2 aromatic carbocycles. The first-order valence-electron chi connectivity index (χ1n) is 7.67. The highest BCUT2D eigenvalue weighted by molar-refractivity contribution is 5.79. The van der Waals surface area contributed by atoms with E-state index < -0.39 is 23.5 Å². The van der Waals surface area contributed by atoms with Gasteiger partial charge in [-0.3, -0.25) is 4.98 Å². The molecule has 0 unspecified atom stereocenters. The van der Waals surface area contributed by atoms with E-state index in [2.05, 4.69) is 4.98 Å². The molecule has 0 amide bonds. The number of alkyl halides is 6. The number of halogens is 6. The lowest BCUT2D eigenvalue weighted by atomic mass is 9.98. The first kappa shape index (κ1) is 18.2. The number of hydrogen-bond donors (Lipinski definition) is 0. The van der Waals surface area contributed by atoms with E-state index in [0.29, 0.717) is 11.1 Å². The average Bonchev–Trinajstić information content (AvgIpc) is 2.53. The molecule has 0 fully saturated rings. The lowest BCUT2D eigenvalue weighted by Gasteiger charge is -2.14. The third-order valence-corrected chi connectivity index (χ3v) is 3.95. The summed E-state index contributed by atoms with van der Waals surface area (Å²) >= 11 is 0. The minimum atomic E-state index is -4.85. The number of aryl methyl sites for hydroxylation is 1. The van der Waals surface area contributed by atoms with Crippen LogP contribution in [0.25, 0.3) is 10.9 Å². The Morgan fingerprint density at radius 1 is 0.731 bits per heavy atom. The van der Waals surface area contributed by atoms with E-state index in [-0.39, 0.29) is 18.1 Å². The van der Waals surface area contributed by atoms with Gasteiger partial charge in [0.1, 0.15) is 0 Å². The fraction of sp³-hybridized carbons (Fsp3) is 0.211. The number of fused-ring (bicyclic) bond motifs is 1. The predicted octanol–water partition coefficient (Wildman–Crippen LogP) is 6.17. The maximum Gasteiger partial charge on any atom is 0.416 e. The summed E-state index contributed by atoms with van der Waals surface area (Å²) in [6, 6.07) is 10.3. The fourth-order valence-corrected chi connectivity index (χ4v) is 2.74. The predicted molar refractivity (Wildman–Crippen MR) is 85.7 cm³/mol. The van der Waals surface area contributed by atoms with E-state index in [0.717, 1.165) is 23.2 Å². The fourth-order valence-electron chi connectivity index (χ4n) is 2.74. The van der Waals surface area contributed by atoms with Gasteiger partial charge < -0.3 is 0 Å². The van der Waals surface area contributed by atoms with E-state index >= 15 is 0 Å². The molecule has 0 aliphatic carbocycles. The van der Waals surface area contributed by atoms with Crippen molar-refractivity contribution in [3.8, 4) is 0 Å². The number of hydrogen-bond acceptors (Lipinski definition) is 1. The summed E-state index contributed by atoms with van der Waals surface area (Å²) in [5.74, 6) is 0. The normalized spacial score (nSPS) is 12.6. The molecule has 7 heteroatoms. The Bertz CT molecular complexity index is 924. The van der Waals surface area contributed by atoms with Gasteiger partial charge in [-0.1, -0.05) is 12.1 Å². The van der Waals surface area contributed by atoms with E-state index in [9.17, 15) is 26.3 Å². The molecule has 0 aliphatic rings. The Hall–Kier alpha value is -2.57. The van der Waals surface area contributed by atoms with Crippen molar-refractivity contribution >= 4 is 10.9 Å². The number of nitrogens with zero attached hydrogens (tertiary/aromatic N) is 1. The Kier molecular flexibility index (Phi) is 4.42. The van der Waals surface area contributed by atoms with Gasteiger partial charge in [0.15, 0.2) is 0 Å². The highest BCUT2D eigenvalue weighted by atomic mass is 19.4. The van der Waals surface area contributed by atoms with Crippen LogP contribution in [0.5, 0.6) is 0 Å². The minimum absolute atomic E-state index is 0.0448. The third kappa shape index (κ3) is 3.98. The molecule has 3 aromatic rings. The highest BCUT2D eigenvalue weighted by Crippen LogP contribution is 2.36. The second-order valence-corrected chi connectivity index (χ2v) is 6.07. The summed E-state index contributed by atoms with van der Waals surface area (Å²) in [4.78, 5) is 4.32. The molecule has 1 aromatic heterocycles. The van der Waals surface area contributed by atoms with E-state index in [1.54, 1.807) is 24.3 Å². The zero-order valence-corrected chi connectivity index (χ0v) is 13.5. The van der Waals surface area contributed by atoms with Gasteiger partial charge in [-0.05, 0) is 60.9 Å². The minimum Gasteiger partial charge on any atom is -0.253 e. The van der Waals surface area contributed by atoms with Gasteiger partial charge in [0.25, 0.3) is 0 Å². The highest BCUT2D eigenvalue weighted by Gasteiger charge is 2.36. The quantitative estimate of drug-likeness (QED) is 0.492. The lowest BCUT2D eigenvalue weighted by molar-refractivity contribution is -0.143. The molecule has 0 saturated carbocycles. The summed E-state index contributed by atoms with van der Waals surface area (Å²) in [6.07, 6.45) is -9.74. The van der Waals surface area contributed by atoms with Gasteiger partial charge >= 0.3 is 12.4 Å². The number of benzene rings is 2. The smallest absolute Gasteiger partial charge is 0.253 e. The first-order chi connectivity index (χ1) is 12.0. The van der Waals surface area contributed by atoms with Crippen molar-refractivity contribution in [2.45, 2.75) is 25.7 Å². The second kappa shape index (κ2) is 6.30. The van der Waals surface area contributed by atoms with Crippen LogP contribution in [0.2, 0.25) is 0 Å². The largest absolute Gasteiger partial charge is 0.416 e. The van der Waals surface area contributed by atoms with Crippen LogP contribution in [0.15, 0.2) is 48.5 Å². The van der Waals surface area contributed by atoms with Crippen molar-refractivity contribution in [2.24, 2.45) is 0 Å². The lowest BCUT2D eigenvalue weighted by Crippen LogP contribution is -2.12. The zero-order valence-electron chi connectivity index (χ0n) is 13.5. The van der Waals surface area contributed by atoms with Gasteiger partial charge in [-0.25, -0.2) is 0 Å². The van der Waals surface area contributed by atoms with Crippen LogP contribution in [0.3, 0.4) is 0 Å². The number of aromatic nitrogens is 1. The molecular weight excluding hydrogens is 356 g/mol. The second-order valence-electron chi connectivity index (χ2n) is 6.07. The van der Waals surface area contributed by atoms with Crippen LogP contribution < -0.4 is 0 Å². The van der Waals surface area contributed by atoms with Crippen molar-refractivity contribution in [3.63, 3.8) is 0 Å². The standard InChI is InChI=1S/C19H13F6N/c1-11-2-4-14-7-12(3-5-17(14)26-11)6-13-8-15(18(20,21)22)10-16(9-13)19(23,24)25/h2-5,7-10H,6H2,1H3. The molecule has 0 aliphatic heterocycles. The van der Waals surface area contributed by atoms with Gasteiger partial charge in [0.2, 0.25) is 0 Å². The van der Waals surface area contributed by atoms with Crippen LogP contribution in [0, 0.1) is 6.92 Å². The molecule has 0 radical (unpaired) electrons. The van der Waals surface area contributed by atoms with Crippen LogP contribution in [0.4, 0.5) is 26.3 Å². The summed E-state index contributed by atoms with van der Waals surface area (Å²) in [6.45, 7) is 1.83. The van der Waals surface area contributed by atoms with Crippen molar-refractivity contribution in [1.29, 1.82) is 0 Å². The topological polar surface area (TPSA) is 12.9 Å². The van der Waals surface area contributed by atoms with Crippen molar-refractivity contribution in [1.82, 2.24) is 4.98 Å². The maximum absolute atomic E-state index is 12.9. The summed E-state index contributed by atoms with van der Waals surface area (Å²) in [5.41, 5.74) is -0.519. The monoisotopic (exact) mass is 369 g/mol. The molecule has 1 nitrogen and oxygen atoms in total. The Morgan fingerprint density at radius 2 is 1.35 bits per heavy atom. The average molecular weight is 369 g/mol. The molecule has 0 spiro atoms. The molecule has 3 rings (SSSR count). The molecule has 0 N–H and O–H groups in total. The molecule has 26 heavy (non-hydrogen) atoms. The molecular formula is C19H13F6N. The van der Waals surface area contributed by atoms with Crippen molar-refractivity contribution in [3.05, 3.63) is 76.5 Å². The van der Waals surface area contributed by atoms with Gasteiger partial charge in [0.05, 0.1) is 16.6 Å². The van der Waals surface area contributed by atoms with Crippen LogP contribution in [-0.4, -0.2) is 4.98 Å². The molecule has 136 valence electrons. The van der Waals surface area contributed by atoms with E-state index in [4.69, 9.17) is 0 Å². The third-order valence-electron chi connectivity index (χ3n) is 3.95. The van der Waals surface area contributed by atoms with Crippen molar-refractivity contribution in [2.75, 3.05) is 0 Å². The molecule has 0 atom stereocenters. The van der Waals surface area contributed by atoms with Crippen LogP contribution >= 0.6 is 0 Å². The Labute approximate surface area is 145 Å². The van der Waals surface area contributed by atoms with Gasteiger partial charge in [-0.15, -0.1) is 0 Å². The number of rotatable bonds is 2. The maximum atomic E-state index is 12.9. The summed E-state index contributed by atoms with van der Waals surface area (Å²) in [5, 5.41) is 0.774. The van der Waals surface area contributed by atoms with Crippen molar-refractivity contribution < 1.29 is 26.3 Å². The Morgan fingerprint density at radius 3 is 1.92 bits per heavy atom. The number of pyridine rings is 1. The van der Waals surface area contributed by atoms with E-state index in [1.807, 2.05) is 13.0 Å². The van der Waals surface area contributed by atoms with Gasteiger partial charge in [-0.2, -0.15) is 26.3 Å². The summed E-state index contributed by atoms with van der Waals surface area (Å²) < 4.78 is 77.7. The SMILES string of the molecule is Cc1ccc2cc(Cc3cc(C(F)(F)F)cc(C(F)(F)F)c3)ccc2n1.